The maximum atomic E-state index is 9.69. The van der Waals surface area contributed by atoms with E-state index >= 15 is 0 Å². The zero-order valence-corrected chi connectivity index (χ0v) is 15.5. The molecule has 1 spiro atoms. The SMILES string of the molecule is CCn1ncc2c(NC3CCOCC3)c(C3=NOC4(C3)CC(O)C4)cnc21. The molecular weight excluding hydrogens is 346 g/mol. The van der Waals surface area contributed by atoms with Gasteiger partial charge in [0.25, 0.3) is 0 Å². The highest BCUT2D eigenvalue weighted by Crippen LogP contribution is 2.44. The molecule has 0 aromatic carbocycles. The second-order valence-corrected chi connectivity index (χ2v) is 7.83. The second-order valence-electron chi connectivity index (χ2n) is 7.83. The molecule has 8 nitrogen and oxygen atoms in total. The van der Waals surface area contributed by atoms with Crippen molar-refractivity contribution in [3.8, 4) is 0 Å². The molecule has 2 aliphatic heterocycles. The van der Waals surface area contributed by atoms with Gasteiger partial charge in [0.2, 0.25) is 0 Å². The van der Waals surface area contributed by atoms with Crippen LogP contribution in [-0.2, 0) is 16.1 Å². The average Bonchev–Trinajstić information content (AvgIpc) is 3.27. The van der Waals surface area contributed by atoms with Crippen LogP contribution in [0.5, 0.6) is 0 Å². The van der Waals surface area contributed by atoms with E-state index in [2.05, 4.69) is 27.5 Å². The summed E-state index contributed by atoms with van der Waals surface area (Å²) in [4.78, 5) is 10.4. The van der Waals surface area contributed by atoms with Gasteiger partial charge >= 0.3 is 0 Å². The zero-order chi connectivity index (χ0) is 18.4. The monoisotopic (exact) mass is 371 g/mol. The van der Waals surface area contributed by atoms with Gasteiger partial charge in [0.05, 0.1) is 29.1 Å². The van der Waals surface area contributed by atoms with E-state index in [-0.39, 0.29) is 11.7 Å². The normalized spacial score (nSPS) is 28.2. The van der Waals surface area contributed by atoms with Crippen LogP contribution in [0.3, 0.4) is 0 Å². The fourth-order valence-corrected chi connectivity index (χ4v) is 4.36. The highest BCUT2D eigenvalue weighted by Gasteiger charge is 2.50. The lowest BCUT2D eigenvalue weighted by Gasteiger charge is -2.39. The summed E-state index contributed by atoms with van der Waals surface area (Å²) in [7, 11) is 0. The van der Waals surface area contributed by atoms with Crippen LogP contribution in [0.15, 0.2) is 17.5 Å². The fourth-order valence-electron chi connectivity index (χ4n) is 4.36. The molecular formula is C19H25N5O3. The van der Waals surface area contributed by atoms with Crippen LogP contribution in [0.1, 0.15) is 44.6 Å². The minimum atomic E-state index is -0.326. The lowest BCUT2D eigenvalue weighted by molar-refractivity contribution is -0.137. The molecule has 144 valence electrons. The topological polar surface area (TPSA) is 93.8 Å². The van der Waals surface area contributed by atoms with Gasteiger partial charge in [-0.05, 0) is 19.8 Å². The van der Waals surface area contributed by atoms with Crippen molar-refractivity contribution in [2.75, 3.05) is 18.5 Å². The lowest BCUT2D eigenvalue weighted by atomic mass is 9.74. The minimum Gasteiger partial charge on any atom is -0.393 e. The number of aliphatic hydroxyl groups excluding tert-OH is 1. The molecule has 0 amide bonds. The molecule has 0 bridgehead atoms. The molecule has 0 atom stereocenters. The largest absolute Gasteiger partial charge is 0.393 e. The van der Waals surface area contributed by atoms with Crippen LogP contribution in [0.2, 0.25) is 0 Å². The summed E-state index contributed by atoms with van der Waals surface area (Å²) in [6, 6.07) is 0.357. The summed E-state index contributed by atoms with van der Waals surface area (Å²) in [5.41, 5.74) is 3.46. The smallest absolute Gasteiger partial charge is 0.159 e. The van der Waals surface area contributed by atoms with Gasteiger partial charge in [-0.3, -0.25) is 0 Å². The van der Waals surface area contributed by atoms with Gasteiger partial charge in [-0.1, -0.05) is 5.16 Å². The molecule has 5 rings (SSSR count). The van der Waals surface area contributed by atoms with Crippen molar-refractivity contribution in [3.05, 3.63) is 18.0 Å². The Morgan fingerprint density at radius 2 is 2.11 bits per heavy atom. The van der Waals surface area contributed by atoms with E-state index in [1.54, 1.807) is 0 Å². The number of nitrogens with zero attached hydrogens (tertiary/aromatic N) is 4. The molecule has 8 heteroatoms. The van der Waals surface area contributed by atoms with Crippen LogP contribution in [0, 0.1) is 0 Å². The Bertz CT molecular complexity index is 881. The number of hydrogen-bond donors (Lipinski definition) is 2. The van der Waals surface area contributed by atoms with Gasteiger partial charge < -0.3 is 20.0 Å². The van der Waals surface area contributed by atoms with Crippen LogP contribution in [-0.4, -0.2) is 56.5 Å². The number of anilines is 1. The van der Waals surface area contributed by atoms with Gasteiger partial charge in [-0.25, -0.2) is 9.67 Å². The Hall–Kier alpha value is -2.19. The molecule has 0 radical (unpaired) electrons. The fraction of sp³-hybridized carbons (Fsp3) is 0.632. The van der Waals surface area contributed by atoms with Crippen molar-refractivity contribution in [2.45, 2.75) is 63.3 Å². The van der Waals surface area contributed by atoms with Crippen LogP contribution < -0.4 is 5.32 Å². The second kappa shape index (κ2) is 6.45. The molecule has 2 aromatic rings. The number of fused-ring (bicyclic) bond motifs is 1. The number of aromatic nitrogens is 3. The van der Waals surface area contributed by atoms with E-state index in [4.69, 9.17) is 9.57 Å². The van der Waals surface area contributed by atoms with Crippen LogP contribution in [0.4, 0.5) is 5.69 Å². The average molecular weight is 371 g/mol. The molecule has 2 N–H and O–H groups in total. The molecule has 2 fully saturated rings. The standard InChI is InChI=1S/C19H25N5O3/c1-2-24-18-15(11-21-24)17(22-12-3-5-26-6-4-12)14(10-20-18)16-9-19(27-23-16)7-13(25)8-19/h10-13,25H,2-9H2,1H3,(H,20,22). The van der Waals surface area contributed by atoms with Gasteiger partial charge in [-0.15, -0.1) is 0 Å². The minimum absolute atomic E-state index is 0.275. The van der Waals surface area contributed by atoms with Crippen molar-refractivity contribution in [2.24, 2.45) is 5.16 Å². The van der Waals surface area contributed by atoms with E-state index in [1.165, 1.54) is 0 Å². The number of pyridine rings is 1. The molecule has 3 aliphatic rings. The molecule has 27 heavy (non-hydrogen) atoms. The molecule has 4 heterocycles. The third kappa shape index (κ3) is 2.87. The number of hydrogen-bond acceptors (Lipinski definition) is 7. The van der Waals surface area contributed by atoms with Crippen LogP contribution >= 0.6 is 0 Å². The van der Waals surface area contributed by atoms with E-state index < -0.39 is 0 Å². The predicted octanol–water partition coefficient (Wildman–Crippen LogP) is 2.06. The highest BCUT2D eigenvalue weighted by molar-refractivity contribution is 6.10. The van der Waals surface area contributed by atoms with Gasteiger partial charge in [0, 0.05) is 56.8 Å². The predicted molar refractivity (Wildman–Crippen MR) is 101 cm³/mol. The summed E-state index contributed by atoms with van der Waals surface area (Å²) in [5.74, 6) is 0. The van der Waals surface area contributed by atoms with Gasteiger partial charge in [0.15, 0.2) is 5.65 Å². The van der Waals surface area contributed by atoms with Crippen molar-refractivity contribution in [1.82, 2.24) is 14.8 Å². The third-order valence-electron chi connectivity index (χ3n) is 5.90. The first-order valence-corrected chi connectivity index (χ1v) is 9.80. The Balaban J connectivity index is 1.52. The number of nitrogens with one attached hydrogen (secondary N) is 1. The highest BCUT2D eigenvalue weighted by atomic mass is 16.7. The first-order valence-electron chi connectivity index (χ1n) is 9.80. The van der Waals surface area contributed by atoms with Crippen LogP contribution in [0.25, 0.3) is 11.0 Å². The van der Waals surface area contributed by atoms with Crippen molar-refractivity contribution in [1.29, 1.82) is 0 Å². The summed E-state index contributed by atoms with van der Waals surface area (Å²) in [6.07, 6.45) is 7.45. The lowest BCUT2D eigenvalue weighted by Crippen LogP contribution is -2.47. The number of aliphatic hydroxyl groups is 1. The van der Waals surface area contributed by atoms with E-state index in [0.717, 1.165) is 60.6 Å². The zero-order valence-electron chi connectivity index (χ0n) is 15.5. The molecule has 1 saturated heterocycles. The number of ether oxygens (including phenoxy) is 1. The first kappa shape index (κ1) is 16.9. The van der Waals surface area contributed by atoms with E-state index in [1.807, 2.05) is 17.1 Å². The van der Waals surface area contributed by atoms with Gasteiger partial charge in [0.1, 0.15) is 5.60 Å². The third-order valence-corrected chi connectivity index (χ3v) is 5.90. The van der Waals surface area contributed by atoms with Crippen molar-refractivity contribution in [3.63, 3.8) is 0 Å². The molecule has 0 unspecified atom stereocenters. The van der Waals surface area contributed by atoms with E-state index in [9.17, 15) is 5.11 Å². The maximum Gasteiger partial charge on any atom is 0.159 e. The number of aryl methyl sites for hydroxylation is 1. The molecule has 1 aliphatic carbocycles. The molecule has 2 aromatic heterocycles. The van der Waals surface area contributed by atoms with E-state index in [0.29, 0.717) is 25.3 Å². The maximum absolute atomic E-state index is 9.69. The number of rotatable bonds is 4. The molecule has 1 saturated carbocycles. The summed E-state index contributed by atoms with van der Waals surface area (Å²) in [5, 5.41) is 23.3. The Morgan fingerprint density at radius 3 is 2.85 bits per heavy atom. The summed E-state index contributed by atoms with van der Waals surface area (Å²) < 4.78 is 7.41. The Kier molecular flexibility index (Phi) is 4.05. The first-order chi connectivity index (χ1) is 13.2. The Morgan fingerprint density at radius 1 is 1.30 bits per heavy atom. The van der Waals surface area contributed by atoms with Gasteiger partial charge in [-0.2, -0.15) is 5.10 Å². The summed E-state index contributed by atoms with van der Waals surface area (Å²) in [6.45, 7) is 4.40. The number of oxime groups is 1. The Labute approximate surface area is 157 Å². The van der Waals surface area contributed by atoms with Crippen molar-refractivity contribution >= 4 is 22.4 Å². The summed E-state index contributed by atoms with van der Waals surface area (Å²) >= 11 is 0. The quantitative estimate of drug-likeness (QED) is 0.854. The van der Waals surface area contributed by atoms with Crippen molar-refractivity contribution < 1.29 is 14.7 Å².